The number of ether oxygens (including phenoxy) is 1. The number of nitrogens with zero attached hydrogens (tertiary/aromatic N) is 5. The lowest BCUT2D eigenvalue weighted by atomic mass is 9.96. The molecule has 2 aromatic carbocycles. The summed E-state index contributed by atoms with van der Waals surface area (Å²) in [7, 11) is 4.70. The molecule has 3 aromatic rings. The van der Waals surface area contributed by atoms with E-state index in [2.05, 4.69) is 44.0 Å². The Labute approximate surface area is 197 Å². The number of rotatable bonds is 5. The van der Waals surface area contributed by atoms with Gasteiger partial charge in [0.25, 0.3) is 5.91 Å². The summed E-state index contributed by atoms with van der Waals surface area (Å²) in [4.78, 5) is 31.2. The van der Waals surface area contributed by atoms with Gasteiger partial charge in [-0.15, -0.1) is 0 Å². The van der Waals surface area contributed by atoms with Gasteiger partial charge >= 0.3 is 6.01 Å². The Morgan fingerprint density at radius 1 is 1.12 bits per heavy atom. The van der Waals surface area contributed by atoms with Crippen molar-refractivity contribution in [1.29, 1.82) is 0 Å². The van der Waals surface area contributed by atoms with Crippen molar-refractivity contribution >= 4 is 39.8 Å². The van der Waals surface area contributed by atoms with Crippen LogP contribution in [0.4, 0.5) is 11.5 Å². The first-order chi connectivity index (χ1) is 16.0. The first-order valence-corrected chi connectivity index (χ1v) is 11.3. The van der Waals surface area contributed by atoms with Crippen molar-refractivity contribution < 1.29 is 14.4 Å². The zero-order valence-electron chi connectivity index (χ0n) is 18.9. The molecule has 1 amide bonds. The standard InChI is InChI=1S/C24H26ClN5O3/c1-28(33-3)23(31)16-12-30(13-16)22-17-10-11-29(14-19(17)26-24(27-22)32-2)20-9-5-7-15-6-4-8-18(25)21(15)20/h4-9,16H,10-14H2,1-3H3. The summed E-state index contributed by atoms with van der Waals surface area (Å²) in [6.07, 6.45) is 0.794. The molecule has 5 rings (SSSR count). The first kappa shape index (κ1) is 21.7. The minimum absolute atomic E-state index is 0.0253. The van der Waals surface area contributed by atoms with Gasteiger partial charge in [-0.25, -0.2) is 5.06 Å². The molecule has 9 heteroatoms. The van der Waals surface area contributed by atoms with Crippen LogP contribution in [0.3, 0.4) is 0 Å². The minimum atomic E-state index is -0.107. The molecule has 2 aliphatic heterocycles. The molecule has 0 N–H and O–H groups in total. The van der Waals surface area contributed by atoms with Crippen LogP contribution in [-0.2, 0) is 22.6 Å². The Morgan fingerprint density at radius 3 is 2.61 bits per heavy atom. The molecule has 0 saturated carbocycles. The third-order valence-corrected chi connectivity index (χ3v) is 6.81. The molecule has 172 valence electrons. The predicted molar refractivity (Wildman–Crippen MR) is 128 cm³/mol. The lowest BCUT2D eigenvalue weighted by Gasteiger charge is -2.42. The summed E-state index contributed by atoms with van der Waals surface area (Å²) in [5.41, 5.74) is 3.15. The fourth-order valence-electron chi connectivity index (χ4n) is 4.64. The lowest BCUT2D eigenvalue weighted by molar-refractivity contribution is -0.174. The summed E-state index contributed by atoms with van der Waals surface area (Å²) in [5, 5.41) is 4.19. The van der Waals surface area contributed by atoms with Gasteiger partial charge in [0.05, 0.1) is 37.4 Å². The van der Waals surface area contributed by atoms with Gasteiger partial charge in [0.2, 0.25) is 0 Å². The summed E-state index contributed by atoms with van der Waals surface area (Å²) in [6.45, 7) is 2.65. The smallest absolute Gasteiger partial charge is 0.318 e. The van der Waals surface area contributed by atoms with Crippen molar-refractivity contribution in [2.75, 3.05) is 50.7 Å². The Morgan fingerprint density at radius 2 is 1.88 bits per heavy atom. The Balaban J connectivity index is 1.44. The van der Waals surface area contributed by atoms with Crippen LogP contribution in [0.25, 0.3) is 10.8 Å². The molecule has 1 saturated heterocycles. The van der Waals surface area contributed by atoms with Crippen LogP contribution < -0.4 is 14.5 Å². The number of carbonyl (C=O) groups excluding carboxylic acids is 1. The maximum Gasteiger partial charge on any atom is 0.318 e. The van der Waals surface area contributed by atoms with Gasteiger partial charge in [0, 0.05) is 43.3 Å². The Bertz CT molecular complexity index is 1210. The third kappa shape index (κ3) is 3.83. The van der Waals surface area contributed by atoms with E-state index in [-0.39, 0.29) is 11.8 Å². The van der Waals surface area contributed by atoms with Crippen LogP contribution in [-0.4, -0.2) is 61.8 Å². The number of benzene rings is 2. The summed E-state index contributed by atoms with van der Waals surface area (Å²) in [6, 6.07) is 12.6. The monoisotopic (exact) mass is 467 g/mol. The second-order valence-electron chi connectivity index (χ2n) is 8.37. The number of methoxy groups -OCH3 is 1. The third-order valence-electron chi connectivity index (χ3n) is 6.49. The van der Waals surface area contributed by atoms with Crippen LogP contribution in [0.5, 0.6) is 6.01 Å². The van der Waals surface area contributed by atoms with Gasteiger partial charge in [-0.2, -0.15) is 9.97 Å². The van der Waals surface area contributed by atoms with Crippen molar-refractivity contribution in [3.8, 4) is 6.01 Å². The molecular weight excluding hydrogens is 442 g/mol. The van der Waals surface area contributed by atoms with Crippen LogP contribution in [0, 0.1) is 5.92 Å². The van der Waals surface area contributed by atoms with Gasteiger partial charge in [0.1, 0.15) is 5.82 Å². The number of hydroxylamine groups is 2. The SMILES string of the molecule is COc1nc2c(c(N3CC(C(=O)N(C)OC)C3)n1)CCN(c1cccc3cccc(Cl)c13)C2. The van der Waals surface area contributed by atoms with E-state index >= 15 is 0 Å². The van der Waals surface area contributed by atoms with E-state index in [9.17, 15) is 4.79 Å². The first-order valence-electron chi connectivity index (χ1n) is 10.9. The zero-order valence-corrected chi connectivity index (χ0v) is 19.7. The summed E-state index contributed by atoms with van der Waals surface area (Å²) >= 11 is 6.58. The van der Waals surface area contributed by atoms with Gasteiger partial charge in [-0.3, -0.25) is 9.63 Å². The molecule has 1 aromatic heterocycles. The fourth-order valence-corrected chi connectivity index (χ4v) is 4.92. The number of hydrogen-bond donors (Lipinski definition) is 0. The van der Waals surface area contributed by atoms with Gasteiger partial charge in [-0.1, -0.05) is 35.9 Å². The number of amides is 1. The van der Waals surface area contributed by atoms with Gasteiger partial charge < -0.3 is 14.5 Å². The average molecular weight is 468 g/mol. The van der Waals surface area contributed by atoms with E-state index in [0.29, 0.717) is 25.6 Å². The topological polar surface area (TPSA) is 71.0 Å². The molecule has 0 radical (unpaired) electrons. The zero-order chi connectivity index (χ0) is 23.1. The van der Waals surface area contributed by atoms with Crippen molar-refractivity contribution in [2.45, 2.75) is 13.0 Å². The average Bonchev–Trinajstić information content (AvgIpc) is 2.81. The number of carbonyl (C=O) groups is 1. The maximum absolute atomic E-state index is 12.4. The minimum Gasteiger partial charge on any atom is -0.467 e. The molecule has 0 aliphatic carbocycles. The second-order valence-corrected chi connectivity index (χ2v) is 8.77. The molecule has 3 heterocycles. The second kappa shape index (κ2) is 8.68. The van der Waals surface area contributed by atoms with E-state index in [4.69, 9.17) is 21.2 Å². The Kier molecular flexibility index (Phi) is 5.72. The van der Waals surface area contributed by atoms with Crippen molar-refractivity contribution in [2.24, 2.45) is 5.92 Å². The highest BCUT2D eigenvalue weighted by molar-refractivity contribution is 6.36. The highest BCUT2D eigenvalue weighted by atomic mass is 35.5. The maximum atomic E-state index is 12.4. The van der Waals surface area contributed by atoms with Crippen LogP contribution in [0.1, 0.15) is 11.3 Å². The van der Waals surface area contributed by atoms with Gasteiger partial charge in [0.15, 0.2) is 0 Å². The van der Waals surface area contributed by atoms with Crippen LogP contribution in [0.15, 0.2) is 36.4 Å². The highest BCUT2D eigenvalue weighted by Gasteiger charge is 2.38. The quantitative estimate of drug-likeness (QED) is 0.533. The van der Waals surface area contributed by atoms with E-state index in [1.54, 1.807) is 14.2 Å². The normalized spacial score (nSPS) is 15.9. The number of anilines is 2. The lowest BCUT2D eigenvalue weighted by Crippen LogP contribution is -2.54. The number of aromatic nitrogens is 2. The molecule has 0 bridgehead atoms. The fraction of sp³-hybridized carbons (Fsp3) is 0.375. The molecule has 0 unspecified atom stereocenters. The van der Waals surface area contributed by atoms with E-state index < -0.39 is 0 Å². The van der Waals surface area contributed by atoms with E-state index in [1.165, 1.54) is 12.2 Å². The Hall–Kier alpha value is -3.10. The van der Waals surface area contributed by atoms with E-state index in [1.807, 2.05) is 12.1 Å². The van der Waals surface area contributed by atoms with Crippen LogP contribution >= 0.6 is 11.6 Å². The van der Waals surface area contributed by atoms with Crippen LogP contribution in [0.2, 0.25) is 5.02 Å². The van der Waals surface area contributed by atoms with Crippen molar-refractivity contribution in [1.82, 2.24) is 15.0 Å². The molecular formula is C24H26ClN5O3. The largest absolute Gasteiger partial charge is 0.467 e. The molecule has 1 fully saturated rings. The number of halogens is 1. The van der Waals surface area contributed by atoms with Crippen molar-refractivity contribution in [3.05, 3.63) is 52.7 Å². The summed E-state index contributed by atoms with van der Waals surface area (Å²) < 4.78 is 5.42. The van der Waals surface area contributed by atoms with Crippen molar-refractivity contribution in [3.63, 3.8) is 0 Å². The molecule has 0 atom stereocenters. The summed E-state index contributed by atoms with van der Waals surface area (Å²) in [5.74, 6) is 0.726. The number of hydrogen-bond acceptors (Lipinski definition) is 7. The predicted octanol–water partition coefficient (Wildman–Crippen LogP) is 3.31. The molecule has 2 aliphatic rings. The highest BCUT2D eigenvalue weighted by Crippen LogP contribution is 2.38. The van der Waals surface area contributed by atoms with Gasteiger partial charge in [-0.05, 0) is 23.9 Å². The number of fused-ring (bicyclic) bond motifs is 2. The molecule has 33 heavy (non-hydrogen) atoms. The van der Waals surface area contributed by atoms with E-state index in [0.717, 1.165) is 51.5 Å². The molecule has 8 nitrogen and oxygen atoms in total. The molecule has 0 spiro atoms.